The Morgan fingerprint density at radius 3 is 2.58 bits per heavy atom. The number of pyridine rings is 1. The van der Waals surface area contributed by atoms with Gasteiger partial charge in [-0.3, -0.25) is 19.5 Å². The molecule has 1 aliphatic heterocycles. The third kappa shape index (κ3) is 8.45. The van der Waals surface area contributed by atoms with Crippen molar-refractivity contribution in [3.05, 3.63) is 53.3 Å². The van der Waals surface area contributed by atoms with E-state index in [1.807, 2.05) is 18.0 Å². The molecule has 14 heteroatoms. The summed E-state index contributed by atoms with van der Waals surface area (Å²) in [6.45, 7) is 1.57. The fraction of sp³-hybridized carbons (Fsp3) is 0.375. The maximum atomic E-state index is 13.0. The predicted molar refractivity (Wildman–Crippen MR) is 139 cm³/mol. The zero-order valence-electron chi connectivity index (χ0n) is 20.4. The van der Waals surface area contributed by atoms with Crippen LogP contribution in [0.5, 0.6) is 5.75 Å². The van der Waals surface area contributed by atoms with Crippen molar-refractivity contribution in [2.75, 3.05) is 51.7 Å². The minimum absolute atomic E-state index is 0. The van der Waals surface area contributed by atoms with E-state index in [0.717, 1.165) is 18.7 Å². The van der Waals surface area contributed by atoms with Gasteiger partial charge in [-0.2, -0.15) is 13.2 Å². The first-order chi connectivity index (χ1) is 17.7. The number of amides is 1. The minimum atomic E-state index is -4.56. The molecule has 4 rings (SSSR count). The number of hydrogen-bond acceptors (Lipinski definition) is 9. The number of rotatable bonds is 9. The minimum Gasteiger partial charge on any atom is -0.482 e. The number of hydrogen-bond donors (Lipinski definition) is 1. The van der Waals surface area contributed by atoms with Crippen molar-refractivity contribution in [3.8, 4) is 16.3 Å². The molecule has 204 valence electrons. The smallest absolute Gasteiger partial charge is 0.422 e. The van der Waals surface area contributed by atoms with Gasteiger partial charge in [-0.25, -0.2) is 0 Å². The Morgan fingerprint density at radius 2 is 1.89 bits per heavy atom. The highest BCUT2D eigenvalue weighted by Crippen LogP contribution is 2.29. The summed E-state index contributed by atoms with van der Waals surface area (Å²) in [5, 5.41) is 11.9. The van der Waals surface area contributed by atoms with Gasteiger partial charge < -0.3 is 15.0 Å². The molecule has 3 heterocycles. The number of anilines is 1. The molecule has 0 unspecified atom stereocenters. The van der Waals surface area contributed by atoms with E-state index >= 15 is 0 Å². The lowest BCUT2D eigenvalue weighted by atomic mass is 10.1. The van der Waals surface area contributed by atoms with Crippen molar-refractivity contribution in [3.63, 3.8) is 0 Å². The van der Waals surface area contributed by atoms with Crippen LogP contribution in [-0.2, 0) is 11.2 Å². The van der Waals surface area contributed by atoms with Gasteiger partial charge in [0, 0.05) is 49.7 Å². The molecular formula is C24H26ClF3N6O3S. The number of nitrogens with one attached hydrogen (secondary N) is 1. The van der Waals surface area contributed by atoms with Gasteiger partial charge in [0.2, 0.25) is 5.91 Å². The molecule has 1 saturated heterocycles. The van der Waals surface area contributed by atoms with Gasteiger partial charge in [0.25, 0.3) is 0 Å². The van der Waals surface area contributed by atoms with Gasteiger partial charge >= 0.3 is 6.18 Å². The van der Waals surface area contributed by atoms with E-state index in [9.17, 15) is 22.8 Å². The number of aromatic nitrogens is 3. The number of ether oxygens (including phenoxy) is 1. The highest BCUT2D eigenvalue weighted by Gasteiger charge is 2.29. The molecule has 38 heavy (non-hydrogen) atoms. The van der Waals surface area contributed by atoms with Crippen LogP contribution in [0.3, 0.4) is 0 Å². The highest BCUT2D eigenvalue weighted by molar-refractivity contribution is 7.14. The second-order valence-electron chi connectivity index (χ2n) is 8.58. The van der Waals surface area contributed by atoms with Gasteiger partial charge in [0.05, 0.1) is 18.7 Å². The van der Waals surface area contributed by atoms with Crippen LogP contribution in [0.1, 0.15) is 15.4 Å². The monoisotopic (exact) mass is 570 g/mol. The summed E-state index contributed by atoms with van der Waals surface area (Å²) in [6, 6.07) is 7.55. The van der Waals surface area contributed by atoms with Crippen molar-refractivity contribution < 1.29 is 27.5 Å². The second-order valence-corrected chi connectivity index (χ2v) is 9.65. The molecule has 1 aromatic carbocycles. The molecule has 0 saturated carbocycles. The summed E-state index contributed by atoms with van der Waals surface area (Å²) in [5.41, 5.74) is 0.977. The first-order valence-electron chi connectivity index (χ1n) is 11.5. The van der Waals surface area contributed by atoms with Gasteiger partial charge in [0.1, 0.15) is 15.8 Å². The summed E-state index contributed by atoms with van der Waals surface area (Å²) in [4.78, 5) is 33.8. The lowest BCUT2D eigenvalue weighted by molar-refractivity contribution is -0.153. The maximum Gasteiger partial charge on any atom is 0.422 e. The SMILES string of the molecule is CN1CCN(CC(=O)Nc2cc(C(=O)Cc3nnc(-c4cccnc4)s3)ccc2OCC(F)(F)F)CC1.Cl. The largest absolute Gasteiger partial charge is 0.482 e. The molecule has 0 spiro atoms. The van der Waals surface area contributed by atoms with Crippen LogP contribution < -0.4 is 10.1 Å². The van der Waals surface area contributed by atoms with Gasteiger partial charge in [-0.1, -0.05) is 11.3 Å². The van der Waals surface area contributed by atoms with Gasteiger partial charge in [0.15, 0.2) is 12.4 Å². The van der Waals surface area contributed by atoms with Gasteiger partial charge in [-0.15, -0.1) is 22.6 Å². The molecule has 1 amide bonds. The Labute approximate surface area is 227 Å². The van der Waals surface area contributed by atoms with E-state index in [4.69, 9.17) is 4.74 Å². The lowest BCUT2D eigenvalue weighted by Crippen LogP contribution is -2.47. The Balaban J connectivity index is 0.00000400. The van der Waals surface area contributed by atoms with E-state index in [1.54, 1.807) is 18.5 Å². The lowest BCUT2D eigenvalue weighted by Gasteiger charge is -2.31. The summed E-state index contributed by atoms with van der Waals surface area (Å²) >= 11 is 1.25. The third-order valence-electron chi connectivity index (χ3n) is 5.62. The van der Waals surface area contributed by atoms with E-state index in [0.29, 0.717) is 23.1 Å². The molecule has 0 radical (unpaired) electrons. The van der Waals surface area contributed by atoms with Gasteiger partial charge in [-0.05, 0) is 37.4 Å². The number of carbonyl (C=O) groups excluding carboxylic acids is 2. The van der Waals surface area contributed by atoms with Crippen LogP contribution in [0.25, 0.3) is 10.6 Å². The maximum absolute atomic E-state index is 13.0. The second kappa shape index (κ2) is 13.1. The molecule has 0 aliphatic carbocycles. The Bertz CT molecular complexity index is 1240. The quantitative estimate of drug-likeness (QED) is 0.390. The van der Waals surface area contributed by atoms with E-state index in [-0.39, 0.29) is 48.2 Å². The molecule has 1 N–H and O–H groups in total. The molecule has 9 nitrogen and oxygen atoms in total. The number of carbonyl (C=O) groups is 2. The molecule has 0 bridgehead atoms. The topological polar surface area (TPSA) is 101 Å². The summed E-state index contributed by atoms with van der Waals surface area (Å²) in [6.07, 6.45) is -1.34. The number of likely N-dealkylation sites (N-methyl/N-ethyl adjacent to an activating group) is 1. The summed E-state index contributed by atoms with van der Waals surface area (Å²) < 4.78 is 43.2. The highest BCUT2D eigenvalue weighted by atomic mass is 35.5. The first-order valence-corrected chi connectivity index (χ1v) is 12.3. The standard InChI is InChI=1S/C24H25F3N6O3S.ClH/c1-32-7-9-33(10-8-32)14-21(35)29-18-11-16(4-5-20(18)36-15-24(25,26)27)19(34)12-22-30-31-23(37-22)17-3-2-6-28-13-17;/h2-6,11,13H,7-10,12,14-15H2,1H3,(H,29,35);1H. The van der Waals surface area contributed by atoms with Crippen LogP contribution in [0.4, 0.5) is 18.9 Å². The van der Waals surface area contributed by atoms with Crippen molar-refractivity contribution in [2.45, 2.75) is 12.6 Å². The van der Waals surface area contributed by atoms with Crippen molar-refractivity contribution in [1.82, 2.24) is 25.0 Å². The van der Waals surface area contributed by atoms with E-state index < -0.39 is 18.7 Å². The zero-order valence-corrected chi connectivity index (χ0v) is 22.0. The molecule has 3 aromatic rings. The molecule has 1 fully saturated rings. The average Bonchev–Trinajstić information content (AvgIpc) is 3.33. The molecule has 2 aromatic heterocycles. The van der Waals surface area contributed by atoms with Crippen LogP contribution >= 0.6 is 23.7 Å². The number of ketones is 1. The van der Waals surface area contributed by atoms with Crippen LogP contribution in [-0.4, -0.2) is 89.2 Å². The van der Waals surface area contributed by atoms with E-state index in [1.165, 1.54) is 29.5 Å². The number of piperazine rings is 1. The number of nitrogens with zero attached hydrogens (tertiary/aromatic N) is 5. The molecular weight excluding hydrogens is 545 g/mol. The number of benzene rings is 1. The third-order valence-corrected chi connectivity index (χ3v) is 6.59. The summed E-state index contributed by atoms with van der Waals surface area (Å²) in [7, 11) is 1.99. The Morgan fingerprint density at radius 1 is 1.13 bits per heavy atom. The average molecular weight is 571 g/mol. The molecule has 1 aliphatic rings. The van der Waals surface area contributed by atoms with Crippen molar-refractivity contribution in [2.24, 2.45) is 0 Å². The fourth-order valence-corrected chi connectivity index (χ4v) is 4.48. The zero-order chi connectivity index (χ0) is 26.4. The van der Waals surface area contributed by atoms with Crippen LogP contribution in [0, 0.1) is 0 Å². The predicted octanol–water partition coefficient (Wildman–Crippen LogP) is 3.57. The number of halogens is 4. The number of alkyl halides is 3. The first kappa shape index (κ1) is 29.4. The molecule has 0 atom stereocenters. The Hall–Kier alpha value is -3.13. The van der Waals surface area contributed by atoms with Crippen molar-refractivity contribution >= 4 is 41.1 Å². The van der Waals surface area contributed by atoms with Crippen LogP contribution in [0.15, 0.2) is 42.7 Å². The number of Topliss-reactive ketones (excluding diaryl/α,β-unsaturated/α-hetero) is 1. The fourth-order valence-electron chi connectivity index (χ4n) is 3.66. The van der Waals surface area contributed by atoms with E-state index in [2.05, 4.69) is 25.4 Å². The summed E-state index contributed by atoms with van der Waals surface area (Å²) in [5.74, 6) is -0.905. The van der Waals surface area contributed by atoms with Crippen molar-refractivity contribution in [1.29, 1.82) is 0 Å². The Kier molecular flexibility index (Phi) is 10.1. The normalized spacial score (nSPS) is 14.5. The van der Waals surface area contributed by atoms with Crippen LogP contribution in [0.2, 0.25) is 0 Å².